The average Bonchev–Trinajstić information content (AvgIpc) is 3.59. The Bertz CT molecular complexity index is 3050. The first-order valence-electron chi connectivity index (χ1n) is 19.5. The van der Waals surface area contributed by atoms with E-state index in [-0.39, 0.29) is 0 Å². The van der Waals surface area contributed by atoms with Crippen LogP contribution in [0.2, 0.25) is 0 Å². The minimum absolute atomic E-state index is 0.628. The van der Waals surface area contributed by atoms with Crippen molar-refractivity contribution in [3.8, 4) is 84.9 Å². The van der Waals surface area contributed by atoms with Gasteiger partial charge in [-0.05, 0) is 87.0 Å². The quantitative estimate of drug-likeness (QED) is 0.176. The summed E-state index contributed by atoms with van der Waals surface area (Å²) in [5.41, 5.74) is 15.9. The Balaban J connectivity index is 1.17. The average molecular weight is 740 g/mol. The third-order valence-corrected chi connectivity index (χ3v) is 11.6. The number of nitriles is 1. The predicted molar refractivity (Wildman–Crippen MR) is 231 cm³/mol. The summed E-state index contributed by atoms with van der Waals surface area (Å²) in [4.78, 5) is 10.6. The minimum atomic E-state index is -0.646. The van der Waals surface area contributed by atoms with Crippen molar-refractivity contribution in [2.75, 3.05) is 0 Å². The molecule has 0 radical (unpaired) electrons. The van der Waals surface area contributed by atoms with Gasteiger partial charge in [-0.3, -0.25) is 0 Å². The van der Waals surface area contributed by atoms with Gasteiger partial charge in [-0.2, -0.15) is 5.26 Å². The number of aromatic nitrogens is 2. The van der Waals surface area contributed by atoms with Gasteiger partial charge >= 0.3 is 0 Å². The molecule has 270 valence electrons. The van der Waals surface area contributed by atoms with Gasteiger partial charge in [0.25, 0.3) is 0 Å². The SMILES string of the molecule is N#Cc1ccc(-c2cccc3c2-c2cc(-c4nc(-c5ccccc5)cc(-c5cccc(-c6ccccc6)c5)n4)ccc2C32c3ccccc3Oc3ccccc32)cc1. The number of fused-ring (bicyclic) bond motifs is 9. The minimum Gasteiger partial charge on any atom is -0.457 e. The highest BCUT2D eigenvalue weighted by Crippen LogP contribution is 2.63. The summed E-state index contributed by atoms with van der Waals surface area (Å²) in [5, 5.41) is 9.65. The molecule has 1 aromatic heterocycles. The molecular formula is C54H33N3O. The van der Waals surface area contributed by atoms with Gasteiger partial charge in [-0.1, -0.05) is 158 Å². The van der Waals surface area contributed by atoms with Crippen molar-refractivity contribution in [3.05, 3.63) is 228 Å². The first-order valence-corrected chi connectivity index (χ1v) is 19.5. The third-order valence-electron chi connectivity index (χ3n) is 11.6. The molecule has 0 amide bonds. The van der Waals surface area contributed by atoms with Crippen molar-refractivity contribution < 1.29 is 4.74 Å². The number of nitrogens with zero attached hydrogens (tertiary/aromatic N) is 3. The highest BCUT2D eigenvalue weighted by atomic mass is 16.5. The second-order valence-electron chi connectivity index (χ2n) is 14.8. The van der Waals surface area contributed by atoms with Crippen LogP contribution in [-0.2, 0) is 5.41 Å². The van der Waals surface area contributed by atoms with Crippen LogP contribution in [0.15, 0.2) is 200 Å². The van der Waals surface area contributed by atoms with Crippen LogP contribution in [0.4, 0.5) is 0 Å². The zero-order valence-electron chi connectivity index (χ0n) is 31.3. The standard InChI is InChI=1S/C54H33N3O/c55-34-35-25-27-37(28-26-35)42-19-12-22-47-52(42)43-32-41(29-30-44(43)54(47)45-20-7-9-23-50(45)58-51-24-10-8-21-46(51)54)53-56-48(38-15-5-2-6-16-38)33-49(57-53)40-18-11-17-39(31-40)36-13-3-1-4-14-36/h1-33H. The molecule has 2 aliphatic rings. The van der Waals surface area contributed by atoms with Gasteiger partial charge in [0, 0.05) is 27.8 Å². The van der Waals surface area contributed by atoms with Crippen molar-refractivity contribution in [1.82, 2.24) is 9.97 Å². The first kappa shape index (κ1) is 33.5. The number of ether oxygens (including phenoxy) is 1. The highest BCUT2D eigenvalue weighted by Gasteiger charge is 2.51. The monoisotopic (exact) mass is 739 g/mol. The predicted octanol–water partition coefficient (Wildman–Crippen LogP) is 13.2. The lowest BCUT2D eigenvalue weighted by atomic mass is 9.66. The number of benzene rings is 8. The summed E-state index contributed by atoms with van der Waals surface area (Å²) in [7, 11) is 0. The van der Waals surface area contributed by atoms with E-state index in [9.17, 15) is 5.26 Å². The van der Waals surface area contributed by atoms with Crippen LogP contribution < -0.4 is 4.74 Å². The highest BCUT2D eigenvalue weighted by molar-refractivity contribution is 5.97. The van der Waals surface area contributed by atoms with Gasteiger partial charge in [0.2, 0.25) is 0 Å². The number of hydrogen-bond acceptors (Lipinski definition) is 4. The molecule has 0 atom stereocenters. The molecule has 0 unspecified atom stereocenters. The van der Waals surface area contributed by atoms with Gasteiger partial charge in [-0.15, -0.1) is 0 Å². The lowest BCUT2D eigenvalue weighted by molar-refractivity contribution is 0.436. The molecule has 0 N–H and O–H groups in total. The fraction of sp³-hybridized carbons (Fsp3) is 0.0185. The zero-order chi connectivity index (χ0) is 38.6. The van der Waals surface area contributed by atoms with Crippen LogP contribution in [0.5, 0.6) is 11.5 Å². The first-order chi connectivity index (χ1) is 28.7. The van der Waals surface area contributed by atoms with E-state index in [1.165, 1.54) is 11.1 Å². The molecule has 4 nitrogen and oxygen atoms in total. The van der Waals surface area contributed by atoms with E-state index < -0.39 is 5.41 Å². The Hall–Kier alpha value is -7.87. The zero-order valence-corrected chi connectivity index (χ0v) is 31.3. The second-order valence-corrected chi connectivity index (χ2v) is 14.8. The molecule has 11 rings (SSSR count). The van der Waals surface area contributed by atoms with Crippen LogP contribution in [-0.4, -0.2) is 9.97 Å². The van der Waals surface area contributed by atoms with Crippen molar-refractivity contribution in [1.29, 1.82) is 5.26 Å². The lowest BCUT2D eigenvalue weighted by Crippen LogP contribution is -2.32. The smallest absolute Gasteiger partial charge is 0.160 e. The Morgan fingerprint density at radius 3 is 1.67 bits per heavy atom. The third kappa shape index (κ3) is 5.22. The van der Waals surface area contributed by atoms with E-state index >= 15 is 0 Å². The summed E-state index contributed by atoms with van der Waals surface area (Å²) in [5.74, 6) is 2.33. The van der Waals surface area contributed by atoms with Crippen LogP contribution in [0, 0.1) is 11.3 Å². The van der Waals surface area contributed by atoms with Crippen molar-refractivity contribution in [3.63, 3.8) is 0 Å². The number of hydrogen-bond donors (Lipinski definition) is 0. The molecule has 1 aliphatic carbocycles. The largest absolute Gasteiger partial charge is 0.457 e. The Morgan fingerprint density at radius 2 is 0.966 bits per heavy atom. The summed E-state index contributed by atoms with van der Waals surface area (Å²) < 4.78 is 6.62. The van der Waals surface area contributed by atoms with Gasteiger partial charge in [-0.25, -0.2) is 9.97 Å². The van der Waals surface area contributed by atoms with E-state index in [0.29, 0.717) is 11.4 Å². The van der Waals surface area contributed by atoms with Crippen LogP contribution >= 0.6 is 0 Å². The fourth-order valence-electron chi connectivity index (χ4n) is 9.03. The van der Waals surface area contributed by atoms with E-state index in [1.54, 1.807) is 0 Å². The Kier molecular flexibility index (Phi) is 7.74. The maximum absolute atomic E-state index is 9.65. The lowest BCUT2D eigenvalue weighted by Gasteiger charge is -2.39. The van der Waals surface area contributed by atoms with Gasteiger partial charge in [0.15, 0.2) is 5.82 Å². The van der Waals surface area contributed by atoms with Gasteiger partial charge in [0.1, 0.15) is 11.5 Å². The van der Waals surface area contributed by atoms with E-state index in [1.807, 2.05) is 48.5 Å². The molecule has 1 aliphatic heterocycles. The maximum atomic E-state index is 9.65. The van der Waals surface area contributed by atoms with Crippen molar-refractivity contribution in [2.45, 2.75) is 5.41 Å². The molecule has 0 fully saturated rings. The van der Waals surface area contributed by atoms with Crippen molar-refractivity contribution in [2.24, 2.45) is 0 Å². The molecule has 4 heteroatoms. The molecule has 0 saturated carbocycles. The molecule has 0 bridgehead atoms. The Labute approximate surface area is 337 Å². The van der Waals surface area contributed by atoms with E-state index in [4.69, 9.17) is 14.7 Å². The Morgan fingerprint density at radius 1 is 0.397 bits per heavy atom. The van der Waals surface area contributed by atoms with Gasteiger partial charge in [0.05, 0.1) is 28.4 Å². The van der Waals surface area contributed by atoms with Crippen LogP contribution in [0.25, 0.3) is 67.3 Å². The summed E-state index contributed by atoms with van der Waals surface area (Å²) in [6, 6.07) is 71.8. The molecular weight excluding hydrogens is 707 g/mol. The molecule has 9 aromatic rings. The van der Waals surface area contributed by atoms with Crippen molar-refractivity contribution >= 4 is 0 Å². The molecule has 1 spiro atoms. The molecule has 8 aromatic carbocycles. The second kappa shape index (κ2) is 13.4. The van der Waals surface area contributed by atoms with Gasteiger partial charge < -0.3 is 4.74 Å². The number of para-hydroxylation sites is 2. The fourth-order valence-corrected chi connectivity index (χ4v) is 9.03. The van der Waals surface area contributed by atoms with E-state index in [2.05, 4.69) is 158 Å². The maximum Gasteiger partial charge on any atom is 0.160 e. The molecule has 2 heterocycles. The summed E-state index contributed by atoms with van der Waals surface area (Å²) >= 11 is 0. The molecule has 0 saturated heterocycles. The number of rotatable bonds is 5. The summed E-state index contributed by atoms with van der Waals surface area (Å²) in [6.07, 6.45) is 0. The summed E-state index contributed by atoms with van der Waals surface area (Å²) in [6.45, 7) is 0. The topological polar surface area (TPSA) is 58.8 Å². The van der Waals surface area contributed by atoms with Crippen LogP contribution in [0.3, 0.4) is 0 Å². The van der Waals surface area contributed by atoms with Crippen LogP contribution in [0.1, 0.15) is 27.8 Å². The van der Waals surface area contributed by atoms with E-state index in [0.717, 1.165) is 84.1 Å². The normalized spacial score (nSPS) is 12.7. The molecule has 58 heavy (non-hydrogen) atoms.